The van der Waals surface area contributed by atoms with E-state index in [0.717, 1.165) is 38.3 Å². The molecule has 3 aromatic rings. The highest BCUT2D eigenvalue weighted by atomic mass is 79.9. The monoisotopic (exact) mass is 456 g/mol. The molecule has 0 radical (unpaired) electrons. The van der Waals surface area contributed by atoms with Crippen LogP contribution in [0.2, 0.25) is 0 Å². The summed E-state index contributed by atoms with van der Waals surface area (Å²) in [5, 5.41) is 3.48. The summed E-state index contributed by atoms with van der Waals surface area (Å²) in [4.78, 5) is 18.1. The van der Waals surface area contributed by atoms with Gasteiger partial charge in [0, 0.05) is 21.0 Å². The first-order valence-corrected chi connectivity index (χ1v) is 10.7. The molecule has 0 atom stereocenters. The number of aryl methyl sites for hydroxylation is 1. The molecule has 0 spiro atoms. The van der Waals surface area contributed by atoms with E-state index < -0.39 is 0 Å². The van der Waals surface area contributed by atoms with Gasteiger partial charge in [-0.3, -0.25) is 10.1 Å². The van der Waals surface area contributed by atoms with Gasteiger partial charge in [-0.25, -0.2) is 4.98 Å². The highest BCUT2D eigenvalue weighted by Gasteiger charge is 2.13. The van der Waals surface area contributed by atoms with Crippen molar-refractivity contribution in [3.63, 3.8) is 0 Å². The molecule has 0 aliphatic heterocycles. The van der Waals surface area contributed by atoms with Crippen LogP contribution in [-0.2, 0) is 11.2 Å². The molecule has 28 heavy (non-hydrogen) atoms. The second-order valence-corrected chi connectivity index (χ2v) is 7.98. The Bertz CT molecular complexity index is 963. The Morgan fingerprint density at radius 2 is 1.86 bits per heavy atom. The predicted octanol–water partition coefficient (Wildman–Crippen LogP) is 6.19. The molecule has 0 bridgehead atoms. The van der Waals surface area contributed by atoms with Crippen LogP contribution in [-0.4, -0.2) is 17.5 Å². The number of carbonyl (C=O) groups excluding carboxylic acids is 1. The van der Waals surface area contributed by atoms with E-state index in [1.165, 1.54) is 17.4 Å². The van der Waals surface area contributed by atoms with Gasteiger partial charge in [0.2, 0.25) is 5.91 Å². The summed E-state index contributed by atoms with van der Waals surface area (Å²) in [5.41, 5.74) is 2.90. The zero-order valence-corrected chi connectivity index (χ0v) is 18.1. The van der Waals surface area contributed by atoms with Gasteiger partial charge in [-0.05, 0) is 49.2 Å². The van der Waals surface area contributed by atoms with Gasteiger partial charge in [-0.2, -0.15) is 0 Å². The van der Waals surface area contributed by atoms with E-state index in [-0.39, 0.29) is 5.91 Å². The molecule has 3 rings (SSSR count). The maximum Gasteiger partial charge on any atom is 0.250 e. The van der Waals surface area contributed by atoms with E-state index in [4.69, 9.17) is 4.74 Å². The van der Waals surface area contributed by atoms with E-state index in [2.05, 4.69) is 33.2 Å². The number of carbonyl (C=O) groups is 1. The van der Waals surface area contributed by atoms with Crippen LogP contribution >= 0.6 is 27.3 Å². The fraction of sp³-hybridized carbons (Fsp3) is 0.182. The van der Waals surface area contributed by atoms with Crippen LogP contribution in [0.4, 0.5) is 5.13 Å². The molecule has 0 saturated carbocycles. The Balaban J connectivity index is 1.69. The fourth-order valence-electron chi connectivity index (χ4n) is 2.64. The van der Waals surface area contributed by atoms with Crippen LogP contribution < -0.4 is 10.1 Å². The number of hydrogen-bond donors (Lipinski definition) is 1. The van der Waals surface area contributed by atoms with Gasteiger partial charge < -0.3 is 4.74 Å². The summed E-state index contributed by atoms with van der Waals surface area (Å²) < 4.78 is 6.45. The van der Waals surface area contributed by atoms with Crippen LogP contribution in [0, 0.1) is 0 Å². The molecule has 1 N–H and O–H groups in total. The maximum atomic E-state index is 12.3. The van der Waals surface area contributed by atoms with Gasteiger partial charge >= 0.3 is 0 Å². The highest BCUT2D eigenvalue weighted by molar-refractivity contribution is 9.10. The summed E-state index contributed by atoms with van der Waals surface area (Å²) in [6.07, 6.45) is 4.15. The number of benzene rings is 2. The van der Waals surface area contributed by atoms with Crippen molar-refractivity contribution in [3.05, 3.63) is 69.5 Å². The number of rotatable bonds is 7. The van der Waals surface area contributed by atoms with Gasteiger partial charge in [-0.1, -0.05) is 47.1 Å². The number of nitrogens with zero attached hydrogens (tertiary/aromatic N) is 1. The first kappa shape index (κ1) is 20.3. The van der Waals surface area contributed by atoms with Gasteiger partial charge in [0.05, 0.1) is 12.3 Å². The number of amides is 1. The topological polar surface area (TPSA) is 51.2 Å². The first-order valence-electron chi connectivity index (χ1n) is 9.06. The molecule has 144 valence electrons. The minimum Gasteiger partial charge on any atom is -0.494 e. The van der Waals surface area contributed by atoms with E-state index >= 15 is 0 Å². The van der Waals surface area contributed by atoms with Crippen molar-refractivity contribution >= 4 is 44.4 Å². The van der Waals surface area contributed by atoms with Crippen molar-refractivity contribution in [1.82, 2.24) is 4.98 Å². The Hall–Kier alpha value is -2.44. The smallest absolute Gasteiger partial charge is 0.250 e. The summed E-state index contributed by atoms with van der Waals surface area (Å²) in [7, 11) is 0. The van der Waals surface area contributed by atoms with E-state index in [9.17, 15) is 4.79 Å². The Morgan fingerprint density at radius 1 is 1.14 bits per heavy atom. The van der Waals surface area contributed by atoms with Crippen molar-refractivity contribution in [2.24, 2.45) is 0 Å². The van der Waals surface area contributed by atoms with Crippen molar-refractivity contribution in [2.75, 3.05) is 11.9 Å². The fourth-order valence-corrected chi connectivity index (χ4v) is 3.83. The number of halogens is 1. The predicted molar refractivity (Wildman–Crippen MR) is 120 cm³/mol. The minimum absolute atomic E-state index is 0.201. The zero-order chi connectivity index (χ0) is 19.9. The molecule has 1 aromatic heterocycles. The average molecular weight is 457 g/mol. The van der Waals surface area contributed by atoms with Crippen molar-refractivity contribution < 1.29 is 9.53 Å². The second kappa shape index (κ2) is 9.66. The molecule has 1 amide bonds. The van der Waals surface area contributed by atoms with E-state index in [0.29, 0.717) is 11.7 Å². The second-order valence-electron chi connectivity index (χ2n) is 5.98. The number of thiazole rings is 1. The van der Waals surface area contributed by atoms with Crippen molar-refractivity contribution in [3.8, 4) is 17.0 Å². The number of aromatic nitrogens is 1. The van der Waals surface area contributed by atoms with Crippen molar-refractivity contribution in [2.45, 2.75) is 20.3 Å². The molecule has 0 aliphatic rings. The third kappa shape index (κ3) is 5.30. The summed E-state index contributed by atoms with van der Waals surface area (Å²) in [6.45, 7) is 4.67. The quantitative estimate of drug-likeness (QED) is 0.431. The Kier molecular flexibility index (Phi) is 7.01. The number of nitrogens with one attached hydrogen (secondary N) is 1. The average Bonchev–Trinajstić information content (AvgIpc) is 3.11. The van der Waals surface area contributed by atoms with E-state index in [1.807, 2.05) is 55.5 Å². The highest BCUT2D eigenvalue weighted by Crippen LogP contribution is 2.32. The van der Waals surface area contributed by atoms with Gasteiger partial charge in [0.25, 0.3) is 0 Å². The standard InChI is InChI=1S/C22H21BrN2O2S/c1-3-19-21(16-8-10-17(23)11-9-16)25-22(28-19)24-20(26)14-7-15-5-12-18(13-6-15)27-4-2/h5-14H,3-4H2,1-2H3,(H,24,25,26)/b14-7+. The van der Waals surface area contributed by atoms with Crippen LogP contribution in [0.1, 0.15) is 24.3 Å². The minimum atomic E-state index is -0.201. The molecular weight excluding hydrogens is 436 g/mol. The Morgan fingerprint density at radius 3 is 2.50 bits per heavy atom. The lowest BCUT2D eigenvalue weighted by atomic mass is 10.1. The third-order valence-electron chi connectivity index (χ3n) is 3.98. The largest absolute Gasteiger partial charge is 0.494 e. The number of hydrogen-bond acceptors (Lipinski definition) is 4. The molecule has 2 aromatic carbocycles. The van der Waals surface area contributed by atoms with Gasteiger partial charge in [0.15, 0.2) is 5.13 Å². The SMILES string of the molecule is CCOc1ccc(/C=C/C(=O)Nc2nc(-c3ccc(Br)cc3)c(CC)s2)cc1. The van der Waals surface area contributed by atoms with Crippen LogP contribution in [0.25, 0.3) is 17.3 Å². The molecule has 1 heterocycles. The molecule has 0 saturated heterocycles. The third-order valence-corrected chi connectivity index (χ3v) is 5.63. The van der Waals surface area contributed by atoms with Crippen molar-refractivity contribution in [1.29, 1.82) is 0 Å². The molecule has 0 unspecified atom stereocenters. The summed E-state index contributed by atoms with van der Waals surface area (Å²) in [5.74, 6) is 0.618. The normalized spacial score (nSPS) is 11.0. The summed E-state index contributed by atoms with van der Waals surface area (Å²) in [6, 6.07) is 15.6. The molecule has 6 heteroatoms. The molecule has 0 aliphatic carbocycles. The lowest BCUT2D eigenvalue weighted by molar-refractivity contribution is -0.111. The molecule has 4 nitrogen and oxygen atoms in total. The maximum absolute atomic E-state index is 12.3. The Labute approximate surface area is 177 Å². The lowest BCUT2D eigenvalue weighted by Crippen LogP contribution is -2.07. The number of anilines is 1. The lowest BCUT2D eigenvalue weighted by Gasteiger charge is -2.02. The number of ether oxygens (including phenoxy) is 1. The molecular formula is C22H21BrN2O2S. The zero-order valence-electron chi connectivity index (χ0n) is 15.7. The summed E-state index contributed by atoms with van der Waals surface area (Å²) >= 11 is 4.96. The van der Waals surface area contributed by atoms with Gasteiger partial charge in [0.1, 0.15) is 5.75 Å². The first-order chi connectivity index (χ1) is 13.6. The van der Waals surface area contributed by atoms with Crippen LogP contribution in [0.5, 0.6) is 5.75 Å². The van der Waals surface area contributed by atoms with Gasteiger partial charge in [-0.15, -0.1) is 11.3 Å². The molecule has 0 fully saturated rings. The van der Waals surface area contributed by atoms with Crippen LogP contribution in [0.15, 0.2) is 59.1 Å². The van der Waals surface area contributed by atoms with Crippen LogP contribution in [0.3, 0.4) is 0 Å². The van der Waals surface area contributed by atoms with E-state index in [1.54, 1.807) is 6.08 Å².